The summed E-state index contributed by atoms with van der Waals surface area (Å²) in [7, 11) is 4.33. The molecule has 1 unspecified atom stereocenters. The molecule has 7 nitrogen and oxygen atoms in total. The summed E-state index contributed by atoms with van der Waals surface area (Å²) in [6.07, 6.45) is -0.263. The lowest BCUT2D eigenvalue weighted by atomic mass is 10.2. The van der Waals surface area contributed by atoms with Crippen LogP contribution >= 0.6 is 0 Å². The van der Waals surface area contributed by atoms with E-state index in [-0.39, 0.29) is 17.5 Å². The Kier molecular flexibility index (Phi) is 6.13. The number of nitro groups is 1. The average molecular weight is 288 g/mol. The zero-order valence-electron chi connectivity index (χ0n) is 11.5. The van der Waals surface area contributed by atoms with Crippen LogP contribution < -0.4 is 10.1 Å². The number of benzene rings is 1. The molecule has 0 aromatic heterocycles. The van der Waals surface area contributed by atoms with Crippen LogP contribution in [0.3, 0.4) is 0 Å². The van der Waals surface area contributed by atoms with E-state index in [2.05, 4.69) is 5.32 Å². The van der Waals surface area contributed by atoms with Gasteiger partial charge >= 0.3 is 5.69 Å². The standard InChI is InChI=1S/C12H17FN2O5/c1-18-7-8(19-2)6-14-10-5-12(20-3)11(15(16)17)4-9(10)13/h4-5,8,14H,6-7H2,1-3H3. The molecule has 0 amide bonds. The largest absolute Gasteiger partial charge is 0.490 e. The summed E-state index contributed by atoms with van der Waals surface area (Å²) in [6.45, 7) is 0.636. The Balaban J connectivity index is 2.88. The molecule has 0 aliphatic rings. The zero-order valence-corrected chi connectivity index (χ0v) is 11.5. The van der Waals surface area contributed by atoms with E-state index in [1.165, 1.54) is 27.4 Å². The van der Waals surface area contributed by atoms with E-state index in [1.54, 1.807) is 0 Å². The fourth-order valence-electron chi connectivity index (χ4n) is 1.60. The van der Waals surface area contributed by atoms with Gasteiger partial charge in [-0.2, -0.15) is 0 Å². The number of hydrogen-bond donors (Lipinski definition) is 1. The molecule has 8 heteroatoms. The van der Waals surface area contributed by atoms with E-state index in [0.717, 1.165) is 6.07 Å². The van der Waals surface area contributed by atoms with Crippen LogP contribution in [0.25, 0.3) is 0 Å². The van der Waals surface area contributed by atoms with Crippen molar-refractivity contribution in [1.29, 1.82) is 0 Å². The third kappa shape index (κ3) is 4.04. The molecule has 0 aliphatic heterocycles. The van der Waals surface area contributed by atoms with Gasteiger partial charge in [-0.05, 0) is 0 Å². The quantitative estimate of drug-likeness (QED) is 0.580. The topological polar surface area (TPSA) is 82.9 Å². The van der Waals surface area contributed by atoms with Gasteiger partial charge in [-0.25, -0.2) is 4.39 Å². The number of nitrogens with one attached hydrogen (secondary N) is 1. The molecule has 1 aromatic rings. The Bertz CT molecular complexity index is 469. The first kappa shape index (κ1) is 16.1. The SMILES string of the molecule is COCC(CNc1cc(OC)c([N+](=O)[O-])cc1F)OC. The highest BCUT2D eigenvalue weighted by Crippen LogP contribution is 2.32. The second kappa shape index (κ2) is 7.61. The number of hydrogen-bond acceptors (Lipinski definition) is 6. The maximum absolute atomic E-state index is 13.8. The predicted octanol–water partition coefficient (Wildman–Crippen LogP) is 1.82. The maximum Gasteiger partial charge on any atom is 0.313 e. The molecule has 1 rings (SSSR count). The molecule has 1 atom stereocenters. The van der Waals surface area contributed by atoms with Crippen LogP contribution in [-0.4, -0.2) is 45.5 Å². The molecule has 112 valence electrons. The van der Waals surface area contributed by atoms with Crippen LogP contribution in [0.1, 0.15) is 0 Å². The molecular formula is C12H17FN2O5. The van der Waals surface area contributed by atoms with E-state index >= 15 is 0 Å². The summed E-state index contributed by atoms with van der Waals surface area (Å²) in [5.74, 6) is -0.746. The highest BCUT2D eigenvalue weighted by Gasteiger charge is 2.19. The van der Waals surface area contributed by atoms with E-state index in [4.69, 9.17) is 14.2 Å². The summed E-state index contributed by atoms with van der Waals surface area (Å²) in [5, 5.41) is 13.6. The van der Waals surface area contributed by atoms with Gasteiger partial charge in [0, 0.05) is 26.8 Å². The summed E-state index contributed by atoms with van der Waals surface area (Å²) >= 11 is 0. The lowest BCUT2D eigenvalue weighted by Gasteiger charge is -2.16. The molecule has 0 spiro atoms. The minimum atomic E-state index is -0.732. The third-order valence-electron chi connectivity index (χ3n) is 2.67. The smallest absolute Gasteiger partial charge is 0.313 e. The normalized spacial score (nSPS) is 12.0. The molecular weight excluding hydrogens is 271 g/mol. The van der Waals surface area contributed by atoms with Gasteiger partial charge in [-0.15, -0.1) is 0 Å². The van der Waals surface area contributed by atoms with Crippen LogP contribution in [-0.2, 0) is 9.47 Å². The summed E-state index contributed by atoms with van der Waals surface area (Å²) < 4.78 is 28.7. The van der Waals surface area contributed by atoms with Crippen molar-refractivity contribution in [2.45, 2.75) is 6.10 Å². The number of rotatable bonds is 8. The van der Waals surface area contributed by atoms with Crippen molar-refractivity contribution in [1.82, 2.24) is 0 Å². The molecule has 0 heterocycles. The van der Waals surface area contributed by atoms with E-state index in [9.17, 15) is 14.5 Å². The number of nitro benzene ring substituents is 1. The van der Waals surface area contributed by atoms with E-state index in [1.807, 2.05) is 0 Å². The first-order valence-corrected chi connectivity index (χ1v) is 5.81. The van der Waals surface area contributed by atoms with Gasteiger partial charge in [-0.1, -0.05) is 0 Å². The Hall–Kier alpha value is -1.93. The molecule has 1 aromatic carbocycles. The van der Waals surface area contributed by atoms with Gasteiger partial charge in [0.2, 0.25) is 0 Å². The molecule has 0 saturated heterocycles. The summed E-state index contributed by atoms with van der Waals surface area (Å²) in [4.78, 5) is 10.0. The van der Waals surface area contributed by atoms with Gasteiger partial charge in [-0.3, -0.25) is 10.1 Å². The third-order valence-corrected chi connectivity index (χ3v) is 2.67. The number of ether oxygens (including phenoxy) is 3. The first-order chi connectivity index (χ1) is 9.53. The molecule has 0 saturated carbocycles. The van der Waals surface area contributed by atoms with Crippen molar-refractivity contribution >= 4 is 11.4 Å². The molecule has 0 aliphatic carbocycles. The van der Waals surface area contributed by atoms with Crippen molar-refractivity contribution in [2.24, 2.45) is 0 Å². The number of halogens is 1. The maximum atomic E-state index is 13.8. The fraction of sp³-hybridized carbons (Fsp3) is 0.500. The molecule has 20 heavy (non-hydrogen) atoms. The second-order valence-electron chi connectivity index (χ2n) is 3.95. The number of nitrogens with zero attached hydrogens (tertiary/aromatic N) is 1. The van der Waals surface area contributed by atoms with Gasteiger partial charge in [0.25, 0.3) is 0 Å². The van der Waals surface area contributed by atoms with Crippen LogP contribution in [0.5, 0.6) is 5.75 Å². The average Bonchev–Trinajstić information content (AvgIpc) is 2.43. The van der Waals surface area contributed by atoms with Gasteiger partial charge < -0.3 is 19.5 Å². The van der Waals surface area contributed by atoms with E-state index in [0.29, 0.717) is 13.2 Å². The number of anilines is 1. The van der Waals surface area contributed by atoms with Crippen molar-refractivity contribution in [3.8, 4) is 5.75 Å². The highest BCUT2D eigenvalue weighted by molar-refractivity contribution is 5.59. The summed E-state index contributed by atoms with van der Waals surface area (Å²) in [5.41, 5.74) is -0.318. The summed E-state index contributed by atoms with van der Waals surface area (Å²) in [6, 6.07) is 2.06. The van der Waals surface area contributed by atoms with Gasteiger partial charge in [0.05, 0.1) is 36.5 Å². The van der Waals surface area contributed by atoms with Crippen molar-refractivity contribution in [2.75, 3.05) is 39.8 Å². The van der Waals surface area contributed by atoms with Crippen molar-refractivity contribution in [3.05, 3.63) is 28.1 Å². The number of methoxy groups -OCH3 is 3. The predicted molar refractivity (Wildman–Crippen MR) is 70.8 cm³/mol. The molecule has 0 radical (unpaired) electrons. The van der Waals surface area contributed by atoms with Crippen LogP contribution in [0.15, 0.2) is 12.1 Å². The molecule has 1 N–H and O–H groups in total. The van der Waals surface area contributed by atoms with Crippen molar-refractivity contribution < 1.29 is 23.5 Å². The minimum absolute atomic E-state index is 0.0143. The van der Waals surface area contributed by atoms with E-state index < -0.39 is 16.4 Å². The minimum Gasteiger partial charge on any atom is -0.490 e. The van der Waals surface area contributed by atoms with Crippen molar-refractivity contribution in [3.63, 3.8) is 0 Å². The van der Waals surface area contributed by atoms with Crippen LogP contribution in [0.2, 0.25) is 0 Å². The van der Waals surface area contributed by atoms with Gasteiger partial charge in [0.15, 0.2) is 11.6 Å². The fourth-order valence-corrected chi connectivity index (χ4v) is 1.60. The Morgan fingerprint density at radius 2 is 2.10 bits per heavy atom. The Morgan fingerprint density at radius 3 is 2.60 bits per heavy atom. The van der Waals surface area contributed by atoms with Gasteiger partial charge in [0.1, 0.15) is 0 Å². The van der Waals surface area contributed by atoms with Crippen LogP contribution in [0.4, 0.5) is 15.8 Å². The molecule has 0 fully saturated rings. The highest BCUT2D eigenvalue weighted by atomic mass is 19.1. The molecule has 0 bridgehead atoms. The first-order valence-electron chi connectivity index (χ1n) is 5.81. The Labute approximate surface area is 115 Å². The Morgan fingerprint density at radius 1 is 1.40 bits per heavy atom. The monoisotopic (exact) mass is 288 g/mol. The lowest BCUT2D eigenvalue weighted by molar-refractivity contribution is -0.385. The zero-order chi connectivity index (χ0) is 15.1. The second-order valence-corrected chi connectivity index (χ2v) is 3.95. The van der Waals surface area contributed by atoms with Crippen LogP contribution in [0, 0.1) is 15.9 Å². The lowest BCUT2D eigenvalue weighted by Crippen LogP contribution is -2.26.